The summed E-state index contributed by atoms with van der Waals surface area (Å²) in [6.07, 6.45) is 0.796. The Bertz CT molecular complexity index is 477. The molecule has 0 aliphatic carbocycles. The van der Waals surface area contributed by atoms with Crippen LogP contribution in [-0.4, -0.2) is 40.0 Å². The standard InChI is InChI=1S/C11H14N2O4S/c1-7-9(13(16)17)6-10(18-7)11(15)12-4-2-8(14)3-5-12/h6,8,14H,2-5H2,1H3. The predicted octanol–water partition coefficient (Wildman–Crippen LogP) is 1.56. The second-order valence-corrected chi connectivity index (χ2v) is 5.59. The van der Waals surface area contributed by atoms with Crippen molar-refractivity contribution in [1.82, 2.24) is 4.90 Å². The number of carbonyl (C=O) groups is 1. The molecule has 2 heterocycles. The lowest BCUT2D eigenvalue weighted by molar-refractivity contribution is -0.385. The minimum atomic E-state index is -0.470. The summed E-state index contributed by atoms with van der Waals surface area (Å²) in [7, 11) is 0. The zero-order valence-corrected chi connectivity index (χ0v) is 10.8. The van der Waals surface area contributed by atoms with Gasteiger partial charge in [0.05, 0.1) is 20.8 Å². The number of rotatable bonds is 2. The van der Waals surface area contributed by atoms with E-state index >= 15 is 0 Å². The largest absolute Gasteiger partial charge is 0.393 e. The third kappa shape index (κ3) is 2.51. The van der Waals surface area contributed by atoms with Crippen LogP contribution in [0, 0.1) is 17.0 Å². The van der Waals surface area contributed by atoms with E-state index in [9.17, 15) is 20.0 Å². The minimum Gasteiger partial charge on any atom is -0.393 e. The molecular formula is C11H14N2O4S. The van der Waals surface area contributed by atoms with Crippen LogP contribution in [0.3, 0.4) is 0 Å². The molecule has 1 N–H and O–H groups in total. The van der Waals surface area contributed by atoms with Crippen LogP contribution < -0.4 is 0 Å². The number of aliphatic hydroxyl groups is 1. The summed E-state index contributed by atoms with van der Waals surface area (Å²) in [4.78, 5) is 25.0. The minimum absolute atomic E-state index is 0.000365. The Morgan fingerprint density at radius 2 is 2.17 bits per heavy atom. The second kappa shape index (κ2) is 5.03. The lowest BCUT2D eigenvalue weighted by atomic mass is 10.1. The van der Waals surface area contributed by atoms with Crippen molar-refractivity contribution in [3.05, 3.63) is 25.9 Å². The summed E-state index contributed by atoms with van der Waals surface area (Å²) < 4.78 is 0. The Morgan fingerprint density at radius 1 is 1.56 bits per heavy atom. The zero-order chi connectivity index (χ0) is 13.3. The van der Waals surface area contributed by atoms with Gasteiger partial charge < -0.3 is 10.0 Å². The number of aryl methyl sites for hydroxylation is 1. The molecule has 0 atom stereocenters. The summed E-state index contributed by atoms with van der Waals surface area (Å²) in [5.74, 6) is -0.178. The number of hydrogen-bond donors (Lipinski definition) is 1. The Morgan fingerprint density at radius 3 is 2.67 bits per heavy atom. The summed E-state index contributed by atoms with van der Waals surface area (Å²) in [5, 5.41) is 20.1. The van der Waals surface area contributed by atoms with Gasteiger partial charge >= 0.3 is 0 Å². The number of thiophene rings is 1. The molecule has 1 aliphatic heterocycles. The molecule has 1 aromatic heterocycles. The number of nitro groups is 1. The van der Waals surface area contributed by atoms with Crippen molar-refractivity contribution in [2.75, 3.05) is 13.1 Å². The van der Waals surface area contributed by atoms with Gasteiger partial charge in [-0.1, -0.05) is 0 Å². The highest BCUT2D eigenvalue weighted by Gasteiger charge is 2.26. The highest BCUT2D eigenvalue weighted by Crippen LogP contribution is 2.29. The van der Waals surface area contributed by atoms with Gasteiger partial charge in [0.1, 0.15) is 0 Å². The number of amides is 1. The van der Waals surface area contributed by atoms with Crippen LogP contribution in [0.2, 0.25) is 0 Å². The normalized spacial score (nSPS) is 16.9. The van der Waals surface area contributed by atoms with Gasteiger partial charge in [-0.05, 0) is 19.8 Å². The monoisotopic (exact) mass is 270 g/mol. The van der Waals surface area contributed by atoms with E-state index in [4.69, 9.17) is 0 Å². The number of hydrogen-bond acceptors (Lipinski definition) is 5. The van der Waals surface area contributed by atoms with Crippen molar-refractivity contribution in [3.8, 4) is 0 Å². The molecule has 0 radical (unpaired) electrons. The number of nitrogens with zero attached hydrogens (tertiary/aromatic N) is 2. The van der Waals surface area contributed by atoms with Crippen LogP contribution in [0.1, 0.15) is 27.4 Å². The quantitative estimate of drug-likeness (QED) is 0.653. The lowest BCUT2D eigenvalue weighted by Gasteiger charge is -2.29. The van der Waals surface area contributed by atoms with Crippen molar-refractivity contribution in [1.29, 1.82) is 0 Å². The molecule has 1 aliphatic rings. The van der Waals surface area contributed by atoms with Crippen LogP contribution >= 0.6 is 11.3 Å². The topological polar surface area (TPSA) is 83.7 Å². The Kier molecular flexibility index (Phi) is 3.63. The van der Waals surface area contributed by atoms with Crippen molar-refractivity contribution in [3.63, 3.8) is 0 Å². The van der Waals surface area contributed by atoms with E-state index in [1.165, 1.54) is 6.07 Å². The van der Waals surface area contributed by atoms with Crippen LogP contribution in [0.4, 0.5) is 5.69 Å². The molecule has 0 saturated carbocycles. The van der Waals surface area contributed by atoms with Gasteiger partial charge in [-0.25, -0.2) is 0 Å². The van der Waals surface area contributed by atoms with Crippen molar-refractivity contribution in [2.24, 2.45) is 0 Å². The van der Waals surface area contributed by atoms with Crippen LogP contribution in [0.5, 0.6) is 0 Å². The van der Waals surface area contributed by atoms with Gasteiger partial charge in [0, 0.05) is 19.2 Å². The van der Waals surface area contributed by atoms with E-state index in [-0.39, 0.29) is 17.7 Å². The number of likely N-dealkylation sites (tertiary alicyclic amines) is 1. The molecule has 0 bridgehead atoms. The van der Waals surface area contributed by atoms with Crippen LogP contribution in [0.25, 0.3) is 0 Å². The molecule has 18 heavy (non-hydrogen) atoms. The molecule has 0 unspecified atom stereocenters. The summed E-state index contributed by atoms with van der Waals surface area (Å²) in [6, 6.07) is 1.34. The SMILES string of the molecule is Cc1sc(C(=O)N2CCC(O)CC2)cc1[N+](=O)[O-]. The second-order valence-electron chi connectivity index (χ2n) is 4.33. The van der Waals surface area contributed by atoms with Gasteiger partial charge in [-0.3, -0.25) is 14.9 Å². The maximum absolute atomic E-state index is 12.1. The zero-order valence-electron chi connectivity index (χ0n) is 9.96. The van der Waals surface area contributed by atoms with E-state index in [1.54, 1.807) is 11.8 Å². The van der Waals surface area contributed by atoms with E-state index < -0.39 is 4.92 Å². The fourth-order valence-corrected chi connectivity index (χ4v) is 2.94. The molecule has 6 nitrogen and oxygen atoms in total. The summed E-state index contributed by atoms with van der Waals surface area (Å²) in [6.45, 7) is 2.65. The molecule has 1 fully saturated rings. The predicted molar refractivity (Wildman–Crippen MR) is 66.9 cm³/mol. The summed E-state index contributed by atoms with van der Waals surface area (Å²) in [5.41, 5.74) is 0.000365. The maximum Gasteiger partial charge on any atom is 0.283 e. The van der Waals surface area contributed by atoms with Gasteiger partial charge in [-0.2, -0.15) is 0 Å². The highest BCUT2D eigenvalue weighted by atomic mass is 32.1. The molecule has 0 spiro atoms. The van der Waals surface area contributed by atoms with Crippen LogP contribution in [-0.2, 0) is 0 Å². The van der Waals surface area contributed by atoms with E-state index in [1.807, 2.05) is 0 Å². The molecule has 1 amide bonds. The van der Waals surface area contributed by atoms with Crippen molar-refractivity contribution in [2.45, 2.75) is 25.9 Å². The Balaban J connectivity index is 2.14. The van der Waals surface area contributed by atoms with Gasteiger partial charge in [0.15, 0.2) is 0 Å². The first-order valence-corrected chi connectivity index (χ1v) is 6.53. The molecule has 1 aromatic rings. The molecule has 1 saturated heterocycles. The van der Waals surface area contributed by atoms with Gasteiger partial charge in [-0.15, -0.1) is 11.3 Å². The van der Waals surface area contributed by atoms with Crippen LogP contribution in [0.15, 0.2) is 6.07 Å². The van der Waals surface area contributed by atoms with Gasteiger partial charge in [0.2, 0.25) is 0 Å². The molecule has 7 heteroatoms. The molecule has 2 rings (SSSR count). The summed E-state index contributed by atoms with van der Waals surface area (Å²) >= 11 is 1.15. The first-order valence-electron chi connectivity index (χ1n) is 5.71. The third-order valence-corrected chi connectivity index (χ3v) is 4.08. The molecular weight excluding hydrogens is 256 g/mol. The van der Waals surface area contributed by atoms with E-state index in [0.29, 0.717) is 35.7 Å². The Labute approximate surface area is 108 Å². The number of carbonyl (C=O) groups excluding carboxylic acids is 1. The maximum atomic E-state index is 12.1. The fourth-order valence-electron chi connectivity index (χ4n) is 1.98. The third-order valence-electron chi connectivity index (χ3n) is 3.05. The van der Waals surface area contributed by atoms with Gasteiger partial charge in [0.25, 0.3) is 11.6 Å². The first-order chi connectivity index (χ1) is 8.49. The number of aliphatic hydroxyl groups excluding tert-OH is 1. The average molecular weight is 270 g/mol. The van der Waals surface area contributed by atoms with E-state index in [0.717, 1.165) is 11.3 Å². The fraction of sp³-hybridized carbons (Fsp3) is 0.545. The molecule has 98 valence electrons. The lowest BCUT2D eigenvalue weighted by Crippen LogP contribution is -2.39. The average Bonchev–Trinajstić information content (AvgIpc) is 2.71. The smallest absolute Gasteiger partial charge is 0.283 e. The first kappa shape index (κ1) is 13.0. The van der Waals surface area contributed by atoms with Crippen molar-refractivity contribution < 1.29 is 14.8 Å². The van der Waals surface area contributed by atoms with E-state index in [2.05, 4.69) is 0 Å². The number of piperidine rings is 1. The highest BCUT2D eigenvalue weighted by molar-refractivity contribution is 7.14. The molecule has 0 aromatic carbocycles. The van der Waals surface area contributed by atoms with Crippen molar-refractivity contribution >= 4 is 22.9 Å². The Hall–Kier alpha value is -1.47.